The van der Waals surface area contributed by atoms with Gasteiger partial charge in [-0.25, -0.2) is 4.98 Å². The van der Waals surface area contributed by atoms with E-state index in [2.05, 4.69) is 51.4 Å². The standard InChI is InChI=1S/C14H19N3/c1-15-9-7-14-11-17(12-16-14)10-8-13-5-3-2-4-6-13/h2-6,11-12,15H,7-10H2,1H3. The Hall–Kier alpha value is -1.61. The van der Waals surface area contributed by atoms with Gasteiger partial charge in [-0.15, -0.1) is 0 Å². The smallest absolute Gasteiger partial charge is 0.0949 e. The molecule has 0 saturated carbocycles. The lowest BCUT2D eigenvalue weighted by atomic mass is 10.1. The number of aromatic nitrogens is 2. The summed E-state index contributed by atoms with van der Waals surface area (Å²) in [6.45, 7) is 1.98. The summed E-state index contributed by atoms with van der Waals surface area (Å²) in [5.41, 5.74) is 2.53. The highest BCUT2D eigenvalue weighted by Crippen LogP contribution is 2.03. The molecule has 0 amide bonds. The Balaban J connectivity index is 1.85. The molecule has 0 aliphatic rings. The first-order valence-corrected chi connectivity index (χ1v) is 6.07. The maximum atomic E-state index is 4.39. The number of imidazole rings is 1. The second kappa shape index (κ2) is 6.21. The van der Waals surface area contributed by atoms with Crippen LogP contribution < -0.4 is 5.32 Å². The average molecular weight is 229 g/mol. The molecule has 0 aliphatic carbocycles. The SMILES string of the molecule is CNCCc1cn(CCc2ccccc2)cn1. The number of nitrogens with one attached hydrogen (secondary N) is 1. The molecule has 1 aromatic carbocycles. The van der Waals surface area contributed by atoms with Crippen LogP contribution in [0.3, 0.4) is 0 Å². The van der Waals surface area contributed by atoms with E-state index in [-0.39, 0.29) is 0 Å². The van der Waals surface area contributed by atoms with E-state index in [4.69, 9.17) is 0 Å². The molecule has 0 unspecified atom stereocenters. The highest BCUT2D eigenvalue weighted by Gasteiger charge is 1.98. The average Bonchev–Trinajstić information content (AvgIpc) is 2.83. The van der Waals surface area contributed by atoms with Crippen LogP contribution in [0, 0.1) is 0 Å². The van der Waals surface area contributed by atoms with Crippen molar-refractivity contribution in [3.05, 3.63) is 54.1 Å². The third-order valence-corrected chi connectivity index (χ3v) is 2.82. The number of rotatable bonds is 6. The zero-order chi connectivity index (χ0) is 11.9. The van der Waals surface area contributed by atoms with Gasteiger partial charge < -0.3 is 9.88 Å². The minimum Gasteiger partial charge on any atom is -0.337 e. The van der Waals surface area contributed by atoms with E-state index in [9.17, 15) is 0 Å². The Bertz CT molecular complexity index is 434. The number of aryl methyl sites for hydroxylation is 2. The second-order valence-corrected chi connectivity index (χ2v) is 4.19. The van der Waals surface area contributed by atoms with Gasteiger partial charge >= 0.3 is 0 Å². The summed E-state index contributed by atoms with van der Waals surface area (Å²) >= 11 is 0. The van der Waals surface area contributed by atoms with Gasteiger partial charge in [0.15, 0.2) is 0 Å². The van der Waals surface area contributed by atoms with Crippen molar-refractivity contribution in [2.45, 2.75) is 19.4 Å². The van der Waals surface area contributed by atoms with Crippen molar-refractivity contribution in [1.82, 2.24) is 14.9 Å². The molecule has 3 nitrogen and oxygen atoms in total. The van der Waals surface area contributed by atoms with Crippen LogP contribution in [0.1, 0.15) is 11.3 Å². The van der Waals surface area contributed by atoms with Gasteiger partial charge in [0, 0.05) is 25.7 Å². The van der Waals surface area contributed by atoms with E-state index < -0.39 is 0 Å². The first kappa shape index (κ1) is 11.9. The van der Waals surface area contributed by atoms with Crippen molar-refractivity contribution in [1.29, 1.82) is 0 Å². The van der Waals surface area contributed by atoms with Crippen LogP contribution >= 0.6 is 0 Å². The Labute approximate surface area is 103 Å². The lowest BCUT2D eigenvalue weighted by Gasteiger charge is -2.02. The fourth-order valence-corrected chi connectivity index (χ4v) is 1.81. The summed E-state index contributed by atoms with van der Waals surface area (Å²) in [7, 11) is 1.96. The maximum absolute atomic E-state index is 4.39. The molecular weight excluding hydrogens is 210 g/mol. The van der Waals surface area contributed by atoms with Crippen LogP contribution in [0.2, 0.25) is 0 Å². The van der Waals surface area contributed by atoms with Gasteiger partial charge in [0.1, 0.15) is 0 Å². The molecule has 0 fully saturated rings. The molecule has 3 heteroatoms. The number of likely N-dealkylation sites (N-methyl/N-ethyl adjacent to an activating group) is 1. The quantitative estimate of drug-likeness (QED) is 0.819. The summed E-state index contributed by atoms with van der Waals surface area (Å²) in [5, 5.41) is 3.13. The first-order valence-electron chi connectivity index (χ1n) is 6.07. The van der Waals surface area contributed by atoms with E-state index in [0.29, 0.717) is 0 Å². The summed E-state index contributed by atoms with van der Waals surface area (Å²) in [4.78, 5) is 4.39. The molecule has 0 spiro atoms. The molecule has 1 aromatic heterocycles. The van der Waals surface area contributed by atoms with E-state index in [0.717, 1.165) is 31.6 Å². The summed E-state index contributed by atoms with van der Waals surface area (Å²) in [6.07, 6.45) is 6.12. The molecule has 2 aromatic rings. The predicted molar refractivity (Wildman–Crippen MR) is 70.0 cm³/mol. The molecule has 1 heterocycles. The predicted octanol–water partition coefficient (Wildman–Crippen LogP) is 1.89. The van der Waals surface area contributed by atoms with Gasteiger partial charge in [0.05, 0.1) is 12.0 Å². The van der Waals surface area contributed by atoms with Crippen LogP contribution in [-0.4, -0.2) is 23.1 Å². The molecule has 0 atom stereocenters. The molecule has 0 saturated heterocycles. The largest absolute Gasteiger partial charge is 0.337 e. The van der Waals surface area contributed by atoms with Crippen LogP contribution in [0.15, 0.2) is 42.9 Å². The highest BCUT2D eigenvalue weighted by atomic mass is 15.0. The van der Waals surface area contributed by atoms with E-state index in [1.165, 1.54) is 5.56 Å². The Morgan fingerprint density at radius 2 is 2.00 bits per heavy atom. The van der Waals surface area contributed by atoms with Gasteiger partial charge in [0.2, 0.25) is 0 Å². The molecule has 17 heavy (non-hydrogen) atoms. The minimum atomic E-state index is 0.982. The third-order valence-electron chi connectivity index (χ3n) is 2.82. The van der Waals surface area contributed by atoms with E-state index in [1.54, 1.807) is 0 Å². The van der Waals surface area contributed by atoms with Crippen LogP contribution in [0.25, 0.3) is 0 Å². The van der Waals surface area contributed by atoms with Gasteiger partial charge in [-0.05, 0) is 19.0 Å². The van der Waals surface area contributed by atoms with Crippen LogP contribution in [0.4, 0.5) is 0 Å². The van der Waals surface area contributed by atoms with Crippen molar-refractivity contribution >= 4 is 0 Å². The second-order valence-electron chi connectivity index (χ2n) is 4.19. The number of benzene rings is 1. The first-order chi connectivity index (χ1) is 8.38. The van der Waals surface area contributed by atoms with Crippen molar-refractivity contribution in [3.8, 4) is 0 Å². The lowest BCUT2D eigenvalue weighted by Crippen LogP contribution is -2.10. The van der Waals surface area contributed by atoms with Gasteiger partial charge in [-0.2, -0.15) is 0 Å². The molecule has 0 bridgehead atoms. The lowest BCUT2D eigenvalue weighted by molar-refractivity contribution is 0.694. The van der Waals surface area contributed by atoms with Gasteiger partial charge in [0.25, 0.3) is 0 Å². The molecule has 90 valence electrons. The van der Waals surface area contributed by atoms with Crippen molar-refractivity contribution in [3.63, 3.8) is 0 Å². The summed E-state index contributed by atoms with van der Waals surface area (Å²) in [5.74, 6) is 0. The Morgan fingerprint density at radius 3 is 2.76 bits per heavy atom. The monoisotopic (exact) mass is 229 g/mol. The van der Waals surface area contributed by atoms with Gasteiger partial charge in [-0.3, -0.25) is 0 Å². The minimum absolute atomic E-state index is 0.982. The molecule has 0 aliphatic heterocycles. The normalized spacial score (nSPS) is 10.6. The molecule has 0 radical (unpaired) electrons. The Kier molecular flexibility index (Phi) is 4.33. The van der Waals surface area contributed by atoms with Crippen molar-refractivity contribution in [2.24, 2.45) is 0 Å². The summed E-state index contributed by atoms with van der Waals surface area (Å²) in [6, 6.07) is 10.6. The number of hydrogen-bond acceptors (Lipinski definition) is 2. The van der Waals surface area contributed by atoms with E-state index >= 15 is 0 Å². The van der Waals surface area contributed by atoms with Crippen LogP contribution in [-0.2, 0) is 19.4 Å². The topological polar surface area (TPSA) is 29.9 Å². The highest BCUT2D eigenvalue weighted by molar-refractivity contribution is 5.14. The number of nitrogens with zero attached hydrogens (tertiary/aromatic N) is 2. The number of hydrogen-bond donors (Lipinski definition) is 1. The fourth-order valence-electron chi connectivity index (χ4n) is 1.81. The summed E-state index contributed by atoms with van der Waals surface area (Å²) < 4.78 is 2.16. The molecule has 2 rings (SSSR count). The van der Waals surface area contributed by atoms with Crippen LogP contribution in [0.5, 0.6) is 0 Å². The molecular formula is C14H19N3. The molecule has 1 N–H and O–H groups in total. The van der Waals surface area contributed by atoms with E-state index in [1.807, 2.05) is 13.4 Å². The Morgan fingerprint density at radius 1 is 1.18 bits per heavy atom. The maximum Gasteiger partial charge on any atom is 0.0949 e. The van der Waals surface area contributed by atoms with Crippen molar-refractivity contribution < 1.29 is 0 Å². The zero-order valence-corrected chi connectivity index (χ0v) is 10.3. The zero-order valence-electron chi connectivity index (χ0n) is 10.3. The van der Waals surface area contributed by atoms with Gasteiger partial charge in [-0.1, -0.05) is 30.3 Å². The third kappa shape index (κ3) is 3.71. The fraction of sp³-hybridized carbons (Fsp3) is 0.357. The van der Waals surface area contributed by atoms with Crippen molar-refractivity contribution in [2.75, 3.05) is 13.6 Å².